The molecule has 0 radical (unpaired) electrons. The van der Waals surface area contributed by atoms with Crippen LogP contribution in [-0.2, 0) is 23.7 Å². The van der Waals surface area contributed by atoms with Crippen molar-refractivity contribution in [1.29, 1.82) is 0 Å². The van der Waals surface area contributed by atoms with Crippen molar-refractivity contribution in [1.82, 2.24) is 20.9 Å². The van der Waals surface area contributed by atoms with Gasteiger partial charge in [0.15, 0.2) is 0 Å². The van der Waals surface area contributed by atoms with Crippen LogP contribution in [0.5, 0.6) is 0 Å². The van der Waals surface area contributed by atoms with Gasteiger partial charge < -0.3 is 92.2 Å². The normalized spacial score (nSPS) is 18.8. The maximum atomic E-state index is 10.3. The first-order valence-electron chi connectivity index (χ1n) is 21.6. The monoisotopic (exact) mass is 827 g/mol. The molecule has 0 spiro atoms. The number of nitrogens with two attached hydrogens (primary N) is 10. The molecular weight excluding hydrogens is 733 g/mol. The number of carbonyl (C=O) groups is 1. The zero-order valence-electron chi connectivity index (χ0n) is 36.0. The Kier molecular flexibility index (Phi) is 55.7. The lowest BCUT2D eigenvalue weighted by Gasteiger charge is -2.26. The fraction of sp³-hybridized carbons (Fsp3) is 0.974. The van der Waals surface area contributed by atoms with E-state index in [1.165, 1.54) is 38.5 Å². The predicted octanol–water partition coefficient (Wildman–Crippen LogP) is -3.68. The van der Waals surface area contributed by atoms with Gasteiger partial charge in [-0.1, -0.05) is 6.42 Å². The van der Waals surface area contributed by atoms with Crippen molar-refractivity contribution in [3.63, 3.8) is 0 Å². The van der Waals surface area contributed by atoms with Crippen LogP contribution in [0.3, 0.4) is 0 Å². The highest BCUT2D eigenvalue weighted by atomic mass is 16.5. The number of nitrogens with zero attached hydrogens (tertiary/aromatic N) is 1. The summed E-state index contributed by atoms with van der Waals surface area (Å²) in [7, 11) is 0. The SMILES string of the molecule is NC1CCCNC1.NCC1CCCC(CN)C1.NCCCOCCCOCCCN.NCCN(CCN)CCN.NCCOCCOCCN.O=C1CNCCN1. The summed E-state index contributed by atoms with van der Waals surface area (Å²) < 4.78 is 20.7. The molecule has 3 atom stereocenters. The van der Waals surface area contributed by atoms with Crippen molar-refractivity contribution in [3.8, 4) is 0 Å². The van der Waals surface area contributed by atoms with Crippen LogP contribution in [-0.4, -0.2) is 181 Å². The topological polar surface area (TPSA) is 354 Å². The van der Waals surface area contributed by atoms with Crippen molar-refractivity contribution in [2.45, 2.75) is 63.8 Å². The van der Waals surface area contributed by atoms with Gasteiger partial charge in [0.25, 0.3) is 0 Å². The molecule has 19 nitrogen and oxygen atoms in total. The highest BCUT2D eigenvalue weighted by molar-refractivity contribution is 5.78. The summed E-state index contributed by atoms with van der Waals surface area (Å²) >= 11 is 0. The van der Waals surface area contributed by atoms with Crippen molar-refractivity contribution in [2.24, 2.45) is 69.2 Å². The van der Waals surface area contributed by atoms with Gasteiger partial charge in [0.1, 0.15) is 0 Å². The first kappa shape index (κ1) is 60.1. The number of rotatable bonds is 25. The van der Waals surface area contributed by atoms with Crippen LogP contribution in [0.15, 0.2) is 0 Å². The molecule has 0 aromatic rings. The summed E-state index contributed by atoms with van der Waals surface area (Å²) in [5, 5.41) is 8.81. The van der Waals surface area contributed by atoms with Crippen molar-refractivity contribution in [3.05, 3.63) is 0 Å². The summed E-state index contributed by atoms with van der Waals surface area (Å²) in [5.41, 5.74) is 53.8. The van der Waals surface area contributed by atoms with Gasteiger partial charge in [-0.05, 0) is 95.9 Å². The molecule has 3 rings (SSSR count). The highest BCUT2D eigenvalue weighted by Crippen LogP contribution is 2.27. The third kappa shape index (κ3) is 50.9. The van der Waals surface area contributed by atoms with Gasteiger partial charge in [-0.25, -0.2) is 0 Å². The molecular formula is C38H94N14O5. The van der Waals surface area contributed by atoms with Gasteiger partial charge in [-0.2, -0.15) is 0 Å². The van der Waals surface area contributed by atoms with Gasteiger partial charge in [0.05, 0.1) is 33.0 Å². The van der Waals surface area contributed by atoms with E-state index in [0.717, 1.165) is 116 Å². The quantitative estimate of drug-likeness (QED) is 0.0394. The molecule has 0 aromatic heterocycles. The zero-order valence-corrected chi connectivity index (χ0v) is 36.0. The van der Waals surface area contributed by atoms with E-state index < -0.39 is 0 Å². The lowest BCUT2D eigenvalue weighted by molar-refractivity contribution is -0.121. The number of carbonyl (C=O) groups excluding carboxylic acids is 1. The van der Waals surface area contributed by atoms with Gasteiger partial charge in [-0.15, -0.1) is 0 Å². The van der Waals surface area contributed by atoms with Crippen molar-refractivity contribution in [2.75, 3.05) is 164 Å². The van der Waals surface area contributed by atoms with Gasteiger partial charge >= 0.3 is 0 Å². The van der Waals surface area contributed by atoms with E-state index in [-0.39, 0.29) is 5.91 Å². The van der Waals surface area contributed by atoms with Crippen LogP contribution >= 0.6 is 0 Å². The lowest BCUT2D eigenvalue weighted by Crippen LogP contribution is -2.44. The van der Waals surface area contributed by atoms with Crippen molar-refractivity contribution < 1.29 is 23.7 Å². The minimum atomic E-state index is 0.103. The summed E-state index contributed by atoms with van der Waals surface area (Å²) in [5.74, 6) is 1.64. The molecule has 23 N–H and O–H groups in total. The summed E-state index contributed by atoms with van der Waals surface area (Å²) in [6.45, 7) is 18.8. The standard InChI is InChI=1S/C9H22N2O2.C8H18N2.C6H18N4.C6H16N2O2.C5H12N2.C4H8N2O/c10-4-1-6-12-8-3-9-13-7-2-5-11;9-5-7-2-1-3-8(4-7)6-10;7-1-4-10(5-2-8)6-3-9;7-1-3-9-5-6-10-4-2-8;6-5-2-1-3-7-4-5;7-4-3-5-1-2-6-4/h1-11H2;7-8H,1-6,9-10H2;1-9H2;1-8H2;5,7H,1-4,6H2;5H,1-3H2,(H,6,7). The van der Waals surface area contributed by atoms with E-state index in [1.807, 2.05) is 0 Å². The molecule has 57 heavy (non-hydrogen) atoms. The van der Waals surface area contributed by atoms with Crippen LogP contribution in [0.1, 0.15) is 57.8 Å². The van der Waals surface area contributed by atoms with E-state index in [1.54, 1.807) is 0 Å². The Hall–Kier alpha value is -1.21. The molecule has 2 aliphatic heterocycles. The summed E-state index contributed by atoms with van der Waals surface area (Å²) in [6, 6.07) is 0.425. The fourth-order valence-electron chi connectivity index (χ4n) is 5.47. The minimum absolute atomic E-state index is 0.103. The molecule has 1 saturated carbocycles. The van der Waals surface area contributed by atoms with Crippen LogP contribution in [0.25, 0.3) is 0 Å². The first-order chi connectivity index (χ1) is 27.8. The molecule has 2 heterocycles. The highest BCUT2D eigenvalue weighted by Gasteiger charge is 2.19. The Morgan fingerprint density at radius 1 is 0.526 bits per heavy atom. The van der Waals surface area contributed by atoms with Crippen LogP contribution in [0.2, 0.25) is 0 Å². The molecule has 3 aliphatic rings. The second-order valence-electron chi connectivity index (χ2n) is 13.9. The van der Waals surface area contributed by atoms with E-state index in [0.29, 0.717) is 84.8 Å². The van der Waals surface area contributed by atoms with E-state index >= 15 is 0 Å². The maximum Gasteiger partial charge on any atom is 0.234 e. The maximum absolute atomic E-state index is 10.3. The largest absolute Gasteiger partial charge is 0.381 e. The third-order valence-corrected chi connectivity index (χ3v) is 8.60. The Bertz CT molecular complexity index is 702. The van der Waals surface area contributed by atoms with E-state index in [4.69, 9.17) is 76.3 Å². The number of hydrogen-bond acceptors (Lipinski definition) is 18. The van der Waals surface area contributed by atoms with Crippen LogP contribution in [0.4, 0.5) is 0 Å². The molecule has 1 amide bonds. The molecule has 346 valence electrons. The van der Waals surface area contributed by atoms with Gasteiger partial charge in [0.2, 0.25) is 5.91 Å². The molecule has 3 unspecified atom stereocenters. The number of nitrogens with one attached hydrogen (secondary N) is 3. The zero-order chi connectivity index (χ0) is 42.9. The average Bonchev–Trinajstić information content (AvgIpc) is 3.23. The second kappa shape index (κ2) is 52.8. The number of ether oxygens (including phenoxy) is 4. The Labute approximate surface area is 347 Å². The average molecular weight is 827 g/mol. The lowest BCUT2D eigenvalue weighted by atomic mass is 9.81. The molecule has 1 aliphatic carbocycles. The van der Waals surface area contributed by atoms with E-state index in [9.17, 15) is 4.79 Å². The molecule has 0 aromatic carbocycles. The summed E-state index contributed by atoms with van der Waals surface area (Å²) in [6.07, 6.45) is 10.5. The molecule has 19 heteroatoms. The Morgan fingerprint density at radius 2 is 1.02 bits per heavy atom. The Morgan fingerprint density at radius 3 is 1.33 bits per heavy atom. The molecule has 2 saturated heterocycles. The third-order valence-electron chi connectivity index (χ3n) is 8.60. The van der Waals surface area contributed by atoms with Crippen molar-refractivity contribution >= 4 is 5.91 Å². The molecule has 0 bridgehead atoms. The number of piperidine rings is 1. The number of piperazine rings is 1. The van der Waals surface area contributed by atoms with Gasteiger partial charge in [-0.3, -0.25) is 9.69 Å². The van der Waals surface area contributed by atoms with Crippen LogP contribution in [0, 0.1) is 11.8 Å². The number of hydrogen-bond donors (Lipinski definition) is 13. The predicted molar refractivity (Wildman–Crippen MR) is 236 cm³/mol. The molecule has 3 fully saturated rings. The summed E-state index contributed by atoms with van der Waals surface area (Å²) in [4.78, 5) is 12.5. The fourth-order valence-corrected chi connectivity index (χ4v) is 5.47. The first-order valence-corrected chi connectivity index (χ1v) is 21.6. The Balaban J connectivity index is -0.000000620. The van der Waals surface area contributed by atoms with E-state index in [2.05, 4.69) is 20.9 Å². The minimum Gasteiger partial charge on any atom is -0.381 e. The second-order valence-corrected chi connectivity index (χ2v) is 13.9. The van der Waals surface area contributed by atoms with Gasteiger partial charge in [0, 0.05) is 104 Å². The smallest absolute Gasteiger partial charge is 0.234 e. The number of amides is 1. The van der Waals surface area contributed by atoms with Crippen LogP contribution < -0.4 is 73.3 Å².